The van der Waals surface area contributed by atoms with Crippen molar-refractivity contribution < 1.29 is 4.74 Å². The molecule has 0 bridgehead atoms. The van der Waals surface area contributed by atoms with Crippen LogP contribution in [0, 0.1) is 0 Å². The average molecular weight is 420 g/mol. The topological polar surface area (TPSA) is 30.3 Å². The molecule has 4 nitrogen and oxygen atoms in total. The SMILES string of the molecule is COc1cccc(-c2cncc(-c3cn(CCCN(C)C)c4ccc(Cl)cc34)c2)c1. The first-order valence-corrected chi connectivity index (χ1v) is 10.5. The molecule has 154 valence electrons. The van der Waals surface area contributed by atoms with E-state index in [-0.39, 0.29) is 0 Å². The van der Waals surface area contributed by atoms with Gasteiger partial charge < -0.3 is 14.2 Å². The number of benzene rings is 2. The Morgan fingerprint density at radius 1 is 1.00 bits per heavy atom. The molecule has 0 aliphatic heterocycles. The highest BCUT2D eigenvalue weighted by Crippen LogP contribution is 2.34. The van der Waals surface area contributed by atoms with Crippen molar-refractivity contribution in [2.24, 2.45) is 0 Å². The van der Waals surface area contributed by atoms with Crippen LogP contribution in [0.15, 0.2) is 67.1 Å². The minimum atomic E-state index is 0.742. The number of ether oxygens (including phenoxy) is 1. The number of hydrogen-bond acceptors (Lipinski definition) is 3. The Morgan fingerprint density at radius 2 is 1.83 bits per heavy atom. The Bertz CT molecular complexity index is 1170. The fourth-order valence-electron chi connectivity index (χ4n) is 3.79. The number of nitrogens with zero attached hydrogens (tertiary/aromatic N) is 3. The maximum atomic E-state index is 6.35. The highest BCUT2D eigenvalue weighted by molar-refractivity contribution is 6.31. The van der Waals surface area contributed by atoms with Crippen molar-refractivity contribution in [1.82, 2.24) is 14.5 Å². The van der Waals surface area contributed by atoms with Crippen LogP contribution < -0.4 is 4.74 Å². The molecule has 0 saturated carbocycles. The number of aromatic nitrogens is 2. The van der Waals surface area contributed by atoms with Crippen LogP contribution in [0.4, 0.5) is 0 Å². The summed E-state index contributed by atoms with van der Waals surface area (Å²) in [5.41, 5.74) is 5.56. The van der Waals surface area contributed by atoms with Gasteiger partial charge in [-0.3, -0.25) is 4.98 Å². The quantitative estimate of drug-likeness (QED) is 0.369. The summed E-state index contributed by atoms with van der Waals surface area (Å²) in [6, 6.07) is 16.3. The van der Waals surface area contributed by atoms with E-state index in [1.54, 1.807) is 7.11 Å². The molecular weight excluding hydrogens is 394 g/mol. The van der Waals surface area contributed by atoms with Gasteiger partial charge in [-0.2, -0.15) is 0 Å². The molecule has 2 heterocycles. The number of fused-ring (bicyclic) bond motifs is 1. The molecule has 5 heteroatoms. The first-order chi connectivity index (χ1) is 14.5. The summed E-state index contributed by atoms with van der Waals surface area (Å²) in [7, 11) is 5.89. The Kier molecular flexibility index (Phi) is 6.07. The predicted molar refractivity (Wildman–Crippen MR) is 125 cm³/mol. The highest BCUT2D eigenvalue weighted by atomic mass is 35.5. The van der Waals surface area contributed by atoms with Gasteiger partial charge in [0.05, 0.1) is 7.11 Å². The van der Waals surface area contributed by atoms with Gasteiger partial charge in [0.15, 0.2) is 0 Å². The molecule has 0 radical (unpaired) electrons. The minimum Gasteiger partial charge on any atom is -0.497 e. The van der Waals surface area contributed by atoms with Crippen LogP contribution in [0.2, 0.25) is 5.02 Å². The van der Waals surface area contributed by atoms with E-state index in [1.807, 2.05) is 42.7 Å². The lowest BCUT2D eigenvalue weighted by atomic mass is 10.0. The summed E-state index contributed by atoms with van der Waals surface area (Å²) in [4.78, 5) is 6.74. The van der Waals surface area contributed by atoms with Gasteiger partial charge in [-0.15, -0.1) is 0 Å². The number of hydrogen-bond donors (Lipinski definition) is 0. The molecule has 0 aliphatic carbocycles. The number of aryl methyl sites for hydroxylation is 1. The molecular formula is C25H26ClN3O. The Morgan fingerprint density at radius 3 is 2.63 bits per heavy atom. The molecule has 0 atom stereocenters. The smallest absolute Gasteiger partial charge is 0.119 e. The van der Waals surface area contributed by atoms with Crippen LogP contribution in [0.25, 0.3) is 33.2 Å². The summed E-state index contributed by atoms with van der Waals surface area (Å²) in [5, 5.41) is 1.89. The van der Waals surface area contributed by atoms with Gasteiger partial charge in [0.1, 0.15) is 5.75 Å². The van der Waals surface area contributed by atoms with Gasteiger partial charge in [0.25, 0.3) is 0 Å². The Labute approximate surface area is 182 Å². The second kappa shape index (κ2) is 8.90. The van der Waals surface area contributed by atoms with Crippen LogP contribution in [0.1, 0.15) is 6.42 Å². The van der Waals surface area contributed by atoms with Crippen molar-refractivity contribution in [3.8, 4) is 28.0 Å². The number of rotatable bonds is 7. The molecule has 2 aromatic heterocycles. The van der Waals surface area contributed by atoms with Crippen molar-refractivity contribution in [2.75, 3.05) is 27.7 Å². The summed E-state index contributed by atoms with van der Waals surface area (Å²) < 4.78 is 7.70. The number of halogens is 1. The molecule has 0 unspecified atom stereocenters. The molecule has 2 aromatic carbocycles. The van der Waals surface area contributed by atoms with Gasteiger partial charge in [-0.05, 0) is 69.0 Å². The van der Waals surface area contributed by atoms with Crippen LogP contribution in [-0.2, 0) is 6.54 Å². The van der Waals surface area contributed by atoms with E-state index in [0.717, 1.165) is 57.9 Å². The summed E-state index contributed by atoms with van der Waals surface area (Å²) >= 11 is 6.35. The zero-order chi connectivity index (χ0) is 21.1. The third-order valence-electron chi connectivity index (χ3n) is 5.30. The molecule has 0 aliphatic rings. The monoisotopic (exact) mass is 419 g/mol. The number of methoxy groups -OCH3 is 1. The largest absolute Gasteiger partial charge is 0.497 e. The molecule has 0 fully saturated rings. The van der Waals surface area contributed by atoms with Crippen LogP contribution in [-0.4, -0.2) is 42.2 Å². The maximum Gasteiger partial charge on any atom is 0.119 e. The fraction of sp³-hybridized carbons (Fsp3) is 0.240. The van der Waals surface area contributed by atoms with E-state index in [2.05, 4.69) is 52.9 Å². The maximum absolute atomic E-state index is 6.35. The van der Waals surface area contributed by atoms with Gasteiger partial charge in [0.2, 0.25) is 0 Å². The van der Waals surface area contributed by atoms with Crippen molar-refractivity contribution in [1.29, 1.82) is 0 Å². The molecule has 0 saturated heterocycles. The van der Waals surface area contributed by atoms with E-state index in [4.69, 9.17) is 16.3 Å². The fourth-order valence-corrected chi connectivity index (χ4v) is 3.96. The van der Waals surface area contributed by atoms with E-state index < -0.39 is 0 Å². The zero-order valence-electron chi connectivity index (χ0n) is 17.6. The molecule has 0 amide bonds. The third-order valence-corrected chi connectivity index (χ3v) is 5.53. The first kappa shape index (κ1) is 20.5. The molecule has 4 aromatic rings. The lowest BCUT2D eigenvalue weighted by Crippen LogP contribution is -2.14. The standard InChI is InChI=1S/C25H26ClN3O/c1-28(2)10-5-11-29-17-24(23-14-21(26)8-9-25(23)29)20-12-19(15-27-16-20)18-6-4-7-22(13-18)30-3/h4,6-9,12-17H,5,10-11H2,1-3H3. The van der Waals surface area contributed by atoms with Crippen LogP contribution in [0.3, 0.4) is 0 Å². The van der Waals surface area contributed by atoms with Gasteiger partial charge in [-0.25, -0.2) is 0 Å². The first-order valence-electron chi connectivity index (χ1n) is 10.1. The zero-order valence-corrected chi connectivity index (χ0v) is 18.4. The van der Waals surface area contributed by atoms with E-state index in [9.17, 15) is 0 Å². The van der Waals surface area contributed by atoms with Crippen molar-refractivity contribution in [3.05, 3.63) is 72.1 Å². The van der Waals surface area contributed by atoms with Gasteiger partial charge in [-0.1, -0.05) is 23.7 Å². The summed E-state index contributed by atoms with van der Waals surface area (Å²) in [5.74, 6) is 0.835. The summed E-state index contributed by atoms with van der Waals surface area (Å²) in [6.07, 6.45) is 7.12. The minimum absolute atomic E-state index is 0.742. The van der Waals surface area contributed by atoms with E-state index in [0.29, 0.717) is 0 Å². The predicted octanol–water partition coefficient (Wildman–Crippen LogP) is 5.98. The van der Waals surface area contributed by atoms with Crippen molar-refractivity contribution in [3.63, 3.8) is 0 Å². The van der Waals surface area contributed by atoms with Crippen LogP contribution >= 0.6 is 11.6 Å². The van der Waals surface area contributed by atoms with E-state index >= 15 is 0 Å². The normalized spacial score (nSPS) is 11.4. The molecule has 30 heavy (non-hydrogen) atoms. The highest BCUT2D eigenvalue weighted by Gasteiger charge is 2.13. The lowest BCUT2D eigenvalue weighted by molar-refractivity contribution is 0.388. The third kappa shape index (κ3) is 4.35. The van der Waals surface area contributed by atoms with Crippen molar-refractivity contribution in [2.45, 2.75) is 13.0 Å². The second-order valence-electron chi connectivity index (χ2n) is 7.75. The van der Waals surface area contributed by atoms with Crippen LogP contribution in [0.5, 0.6) is 5.75 Å². The number of pyridine rings is 1. The van der Waals surface area contributed by atoms with E-state index in [1.165, 1.54) is 5.52 Å². The Balaban J connectivity index is 1.76. The van der Waals surface area contributed by atoms with Gasteiger partial charge >= 0.3 is 0 Å². The second-order valence-corrected chi connectivity index (χ2v) is 8.19. The summed E-state index contributed by atoms with van der Waals surface area (Å²) in [6.45, 7) is 2.01. The average Bonchev–Trinajstić information content (AvgIpc) is 3.11. The molecule has 0 N–H and O–H groups in total. The lowest BCUT2D eigenvalue weighted by Gasteiger charge is -2.10. The van der Waals surface area contributed by atoms with Crippen molar-refractivity contribution >= 4 is 22.5 Å². The molecule has 0 spiro atoms. The Hall–Kier alpha value is -2.82. The van der Waals surface area contributed by atoms with Gasteiger partial charge in [0, 0.05) is 57.8 Å². The molecule has 4 rings (SSSR count).